The zero-order valence-corrected chi connectivity index (χ0v) is 30.9. The SMILES string of the molecule is [2H]c1c([2H])c(N(c2cccc(-c3cccc4ccccc34)c2)c2c([2H])c([2H])c(-c3c(-c4ccccc4)ccc4ccccc34)c([2H])c2[2H])c(-c2ccccc2)c([2H])c1-c1ccccc1. The number of fused-ring (bicyclic) bond motifs is 2. The summed E-state index contributed by atoms with van der Waals surface area (Å²) in [4.78, 5) is 1.58. The molecule has 0 aromatic heterocycles. The molecule has 0 aliphatic heterocycles. The van der Waals surface area contributed by atoms with Crippen LogP contribution < -0.4 is 4.90 Å². The van der Waals surface area contributed by atoms with Gasteiger partial charge in [0.1, 0.15) is 0 Å². The van der Waals surface area contributed by atoms with E-state index in [2.05, 4.69) is 18.2 Å². The van der Waals surface area contributed by atoms with Crippen LogP contribution in [0.5, 0.6) is 0 Å². The van der Waals surface area contributed by atoms with Gasteiger partial charge in [-0.15, -0.1) is 0 Å². The lowest BCUT2D eigenvalue weighted by molar-refractivity contribution is 1.28. The van der Waals surface area contributed by atoms with Gasteiger partial charge in [-0.1, -0.05) is 200 Å². The first kappa shape index (κ1) is 27.2. The molecular weight excluding hydrogens is 687 g/mol. The number of benzene rings is 10. The van der Waals surface area contributed by atoms with E-state index in [0.29, 0.717) is 27.9 Å². The van der Waals surface area contributed by atoms with E-state index < -0.39 is 0 Å². The van der Waals surface area contributed by atoms with Crippen LogP contribution in [0.2, 0.25) is 0 Å². The molecule has 0 N–H and O–H groups in total. The molecule has 1 heteroatoms. The molecule has 0 bridgehead atoms. The Labute approximate surface area is 344 Å². The summed E-state index contributed by atoms with van der Waals surface area (Å²) in [6.45, 7) is 0. The summed E-state index contributed by atoms with van der Waals surface area (Å²) < 4.78 is 69.2. The molecule has 57 heavy (non-hydrogen) atoms. The van der Waals surface area contributed by atoms with E-state index in [-0.39, 0.29) is 64.8 Å². The molecule has 0 spiro atoms. The second-order valence-corrected chi connectivity index (χ2v) is 13.9. The largest absolute Gasteiger partial charge is 0.310 e. The van der Waals surface area contributed by atoms with Crippen molar-refractivity contribution in [3.8, 4) is 55.6 Å². The second-order valence-electron chi connectivity index (χ2n) is 13.9. The van der Waals surface area contributed by atoms with Crippen LogP contribution in [0.3, 0.4) is 0 Å². The second kappa shape index (κ2) is 15.0. The Morgan fingerprint density at radius 2 is 0.860 bits per heavy atom. The zero-order chi connectivity index (χ0) is 44.1. The molecule has 0 aliphatic carbocycles. The normalized spacial score (nSPS) is 12.9. The van der Waals surface area contributed by atoms with Gasteiger partial charge < -0.3 is 4.90 Å². The highest BCUT2D eigenvalue weighted by Crippen LogP contribution is 2.45. The van der Waals surface area contributed by atoms with Gasteiger partial charge in [0, 0.05) is 16.9 Å². The van der Waals surface area contributed by atoms with Crippen molar-refractivity contribution in [3.05, 3.63) is 236 Å². The fourth-order valence-electron chi connectivity index (χ4n) is 7.73. The van der Waals surface area contributed by atoms with E-state index in [1.165, 1.54) is 0 Å². The summed E-state index contributed by atoms with van der Waals surface area (Å²) in [5.74, 6) is 0. The lowest BCUT2D eigenvalue weighted by atomic mass is 9.89. The number of rotatable bonds is 8. The number of hydrogen-bond donors (Lipinski definition) is 0. The highest BCUT2D eigenvalue weighted by Gasteiger charge is 2.20. The summed E-state index contributed by atoms with van der Waals surface area (Å²) >= 11 is 0. The molecule has 0 heterocycles. The van der Waals surface area contributed by atoms with Gasteiger partial charge in [-0.3, -0.25) is 0 Å². The highest BCUT2D eigenvalue weighted by atomic mass is 15.1. The van der Waals surface area contributed by atoms with E-state index in [1.54, 1.807) is 4.90 Å². The fourth-order valence-corrected chi connectivity index (χ4v) is 7.73. The number of anilines is 3. The standard InChI is InChI=1S/C56H39N/c1-4-16-40(17-5-1)46-33-37-55(54(39-46)43-20-8-3-9-21-43)57(49-26-14-25-47(38-49)51-29-15-24-41-22-10-12-27-50(41)51)48-34-30-45(31-35-48)56-52-28-13-11-23-44(52)32-36-53(56)42-18-6-2-7-19-42/h1-39H/i30D,31D,33D,34D,35D,37D,39D. The van der Waals surface area contributed by atoms with Gasteiger partial charge in [-0.2, -0.15) is 0 Å². The van der Waals surface area contributed by atoms with Crippen LogP contribution in [0.25, 0.3) is 77.2 Å². The first-order valence-electron chi connectivity index (χ1n) is 22.5. The molecule has 0 saturated heterocycles. The molecule has 0 unspecified atom stereocenters. The summed E-state index contributed by atoms with van der Waals surface area (Å²) in [6, 6.07) is 60.1. The lowest BCUT2D eigenvalue weighted by Crippen LogP contribution is -2.11. The fraction of sp³-hybridized carbons (Fsp3) is 0. The Morgan fingerprint density at radius 1 is 0.316 bits per heavy atom. The molecular formula is C56H39N. The minimum Gasteiger partial charge on any atom is -0.310 e. The molecule has 10 aromatic rings. The van der Waals surface area contributed by atoms with Gasteiger partial charge in [0.2, 0.25) is 0 Å². The van der Waals surface area contributed by atoms with Crippen molar-refractivity contribution in [1.29, 1.82) is 0 Å². The quantitative estimate of drug-likeness (QED) is 0.150. The molecule has 0 atom stereocenters. The zero-order valence-electron chi connectivity index (χ0n) is 37.9. The number of nitrogens with zero attached hydrogens (tertiary/aromatic N) is 1. The van der Waals surface area contributed by atoms with Crippen LogP contribution in [-0.4, -0.2) is 0 Å². The molecule has 0 amide bonds. The molecule has 268 valence electrons. The van der Waals surface area contributed by atoms with Crippen molar-refractivity contribution in [3.63, 3.8) is 0 Å². The highest BCUT2D eigenvalue weighted by molar-refractivity contribution is 6.05. The lowest BCUT2D eigenvalue weighted by Gasteiger charge is -2.29. The van der Waals surface area contributed by atoms with Gasteiger partial charge in [-0.05, 0) is 108 Å². The Balaban J connectivity index is 1.32. The van der Waals surface area contributed by atoms with Crippen LogP contribution in [-0.2, 0) is 0 Å². The third-order valence-electron chi connectivity index (χ3n) is 10.4. The average molecular weight is 733 g/mol. The minimum absolute atomic E-state index is 0.00117. The van der Waals surface area contributed by atoms with Crippen LogP contribution >= 0.6 is 0 Å². The molecule has 0 aliphatic rings. The van der Waals surface area contributed by atoms with E-state index >= 15 is 0 Å². The van der Waals surface area contributed by atoms with Gasteiger partial charge in [0.05, 0.1) is 15.3 Å². The maximum absolute atomic E-state index is 10.0. The third-order valence-corrected chi connectivity index (χ3v) is 10.4. The molecule has 1 nitrogen and oxygen atoms in total. The first-order valence-corrected chi connectivity index (χ1v) is 19.0. The smallest absolute Gasteiger partial charge is 0.0645 e. The first-order chi connectivity index (χ1) is 31.2. The van der Waals surface area contributed by atoms with Gasteiger partial charge >= 0.3 is 0 Å². The van der Waals surface area contributed by atoms with Crippen LogP contribution in [0, 0.1) is 0 Å². The van der Waals surface area contributed by atoms with Crippen LogP contribution in [0.4, 0.5) is 17.1 Å². The van der Waals surface area contributed by atoms with E-state index in [9.17, 15) is 9.60 Å². The van der Waals surface area contributed by atoms with Crippen molar-refractivity contribution in [2.24, 2.45) is 0 Å². The van der Waals surface area contributed by atoms with E-state index in [4.69, 9.17) is 0 Å². The predicted octanol–water partition coefficient (Wildman–Crippen LogP) is 15.8. The maximum Gasteiger partial charge on any atom is 0.0645 e. The summed E-state index contributed by atoms with van der Waals surface area (Å²) in [5, 5.41) is 3.74. The molecule has 0 radical (unpaired) electrons. The third kappa shape index (κ3) is 6.56. The summed E-state index contributed by atoms with van der Waals surface area (Å²) in [6.07, 6.45) is 0. The Bertz CT molecular complexity index is 3370. The minimum atomic E-state index is -0.331. The van der Waals surface area contributed by atoms with Crippen molar-refractivity contribution >= 4 is 38.6 Å². The average Bonchev–Trinajstić information content (AvgIpc) is 3.34. The Kier molecular flexibility index (Phi) is 7.14. The molecule has 0 fully saturated rings. The Hall–Kier alpha value is -7.48. The van der Waals surface area contributed by atoms with E-state index in [0.717, 1.165) is 43.8 Å². The van der Waals surface area contributed by atoms with Crippen LogP contribution in [0.15, 0.2) is 236 Å². The molecule has 0 saturated carbocycles. The van der Waals surface area contributed by atoms with Crippen molar-refractivity contribution < 1.29 is 9.60 Å². The van der Waals surface area contributed by atoms with Crippen molar-refractivity contribution in [2.75, 3.05) is 4.90 Å². The molecule has 10 aromatic carbocycles. The van der Waals surface area contributed by atoms with Gasteiger partial charge in [0.15, 0.2) is 0 Å². The topological polar surface area (TPSA) is 3.24 Å². The number of hydrogen-bond acceptors (Lipinski definition) is 1. The predicted molar refractivity (Wildman–Crippen MR) is 243 cm³/mol. The summed E-state index contributed by atoms with van der Waals surface area (Å²) in [5.41, 5.74) is 6.35. The van der Waals surface area contributed by atoms with E-state index in [1.807, 2.05) is 176 Å². The Morgan fingerprint density at radius 3 is 1.58 bits per heavy atom. The summed E-state index contributed by atoms with van der Waals surface area (Å²) in [7, 11) is 0. The van der Waals surface area contributed by atoms with Crippen LogP contribution in [0.1, 0.15) is 9.60 Å². The molecule has 10 rings (SSSR count). The van der Waals surface area contributed by atoms with Gasteiger partial charge in [-0.25, -0.2) is 0 Å². The van der Waals surface area contributed by atoms with Crippen molar-refractivity contribution in [2.45, 2.75) is 0 Å². The van der Waals surface area contributed by atoms with Crippen molar-refractivity contribution in [1.82, 2.24) is 0 Å². The maximum atomic E-state index is 10.0. The van der Waals surface area contributed by atoms with Gasteiger partial charge in [0.25, 0.3) is 0 Å². The monoisotopic (exact) mass is 732 g/mol.